The molecule has 0 saturated heterocycles. The molecule has 6 nitrogen and oxygen atoms in total. The van der Waals surface area contributed by atoms with E-state index in [1.807, 2.05) is 6.92 Å². The molecular formula is C14H27N5O. The number of aliphatic imine (C=N–C) groups is 1. The molecule has 0 amide bonds. The highest BCUT2D eigenvalue weighted by molar-refractivity contribution is 5.79. The monoisotopic (exact) mass is 281 g/mol. The lowest BCUT2D eigenvalue weighted by molar-refractivity contribution is 0.374. The van der Waals surface area contributed by atoms with E-state index in [4.69, 9.17) is 4.52 Å². The number of nitrogens with one attached hydrogen (secondary N) is 2. The van der Waals surface area contributed by atoms with Crippen LogP contribution < -0.4 is 10.6 Å². The van der Waals surface area contributed by atoms with E-state index in [2.05, 4.69) is 39.6 Å². The summed E-state index contributed by atoms with van der Waals surface area (Å²) in [4.78, 5) is 8.72. The number of nitrogens with zero attached hydrogens (tertiary/aromatic N) is 3. The highest BCUT2D eigenvalue weighted by Gasteiger charge is 2.03. The molecule has 0 saturated carbocycles. The largest absolute Gasteiger partial charge is 0.357 e. The van der Waals surface area contributed by atoms with Crippen LogP contribution in [-0.4, -0.2) is 35.7 Å². The first kappa shape index (κ1) is 16.5. The summed E-state index contributed by atoms with van der Waals surface area (Å²) in [6, 6.07) is 0. The van der Waals surface area contributed by atoms with Crippen LogP contribution in [0.25, 0.3) is 0 Å². The SMILES string of the molecule is CCCCCCN=C(NCC)NCCc1nc(C)no1. The van der Waals surface area contributed by atoms with Crippen molar-refractivity contribution in [2.24, 2.45) is 4.99 Å². The lowest BCUT2D eigenvalue weighted by atomic mass is 10.2. The van der Waals surface area contributed by atoms with Gasteiger partial charge in [0.1, 0.15) is 0 Å². The molecule has 1 aromatic rings. The molecule has 1 heterocycles. The molecule has 0 bridgehead atoms. The highest BCUT2D eigenvalue weighted by atomic mass is 16.5. The fraction of sp³-hybridized carbons (Fsp3) is 0.786. The minimum atomic E-state index is 0.661. The summed E-state index contributed by atoms with van der Waals surface area (Å²) in [5.41, 5.74) is 0. The van der Waals surface area contributed by atoms with Crippen LogP contribution in [0.1, 0.15) is 51.2 Å². The molecule has 0 aliphatic rings. The molecule has 0 atom stereocenters. The summed E-state index contributed by atoms with van der Waals surface area (Å²) in [5, 5.41) is 10.3. The Balaban J connectivity index is 2.25. The van der Waals surface area contributed by atoms with Crippen molar-refractivity contribution in [1.82, 2.24) is 20.8 Å². The lowest BCUT2D eigenvalue weighted by Crippen LogP contribution is -2.38. The molecular weight excluding hydrogens is 254 g/mol. The van der Waals surface area contributed by atoms with Gasteiger partial charge in [-0.3, -0.25) is 4.99 Å². The zero-order valence-corrected chi connectivity index (χ0v) is 12.9. The molecule has 0 spiro atoms. The molecule has 2 N–H and O–H groups in total. The molecule has 0 unspecified atom stereocenters. The minimum absolute atomic E-state index is 0.661. The Morgan fingerprint density at radius 3 is 2.70 bits per heavy atom. The predicted octanol–water partition coefficient (Wildman–Crippen LogP) is 2.06. The molecule has 0 aliphatic heterocycles. The van der Waals surface area contributed by atoms with Crippen molar-refractivity contribution < 1.29 is 4.52 Å². The minimum Gasteiger partial charge on any atom is -0.357 e. The molecule has 0 aliphatic carbocycles. The molecule has 114 valence electrons. The maximum absolute atomic E-state index is 5.07. The number of aromatic nitrogens is 2. The fourth-order valence-corrected chi connectivity index (χ4v) is 1.80. The topological polar surface area (TPSA) is 75.3 Å². The zero-order valence-electron chi connectivity index (χ0n) is 12.9. The van der Waals surface area contributed by atoms with Crippen molar-refractivity contribution >= 4 is 5.96 Å². The normalized spacial score (nSPS) is 11.7. The number of guanidine groups is 1. The van der Waals surface area contributed by atoms with Gasteiger partial charge in [-0.2, -0.15) is 4.98 Å². The van der Waals surface area contributed by atoms with Gasteiger partial charge in [0.25, 0.3) is 0 Å². The van der Waals surface area contributed by atoms with Crippen molar-refractivity contribution in [1.29, 1.82) is 0 Å². The van der Waals surface area contributed by atoms with Crippen LogP contribution in [0.15, 0.2) is 9.52 Å². The summed E-state index contributed by atoms with van der Waals surface area (Å²) in [6.45, 7) is 8.57. The molecule has 20 heavy (non-hydrogen) atoms. The molecule has 6 heteroatoms. The van der Waals surface area contributed by atoms with E-state index in [1.165, 1.54) is 19.3 Å². The average molecular weight is 281 g/mol. The third kappa shape index (κ3) is 7.11. The number of unbranched alkanes of at least 4 members (excludes halogenated alkanes) is 3. The van der Waals surface area contributed by atoms with Crippen LogP contribution in [-0.2, 0) is 6.42 Å². The summed E-state index contributed by atoms with van der Waals surface area (Å²) in [5.74, 6) is 2.20. The second-order valence-corrected chi connectivity index (χ2v) is 4.73. The molecule has 1 rings (SSSR count). The maximum Gasteiger partial charge on any atom is 0.228 e. The van der Waals surface area contributed by atoms with E-state index in [-0.39, 0.29) is 0 Å². The maximum atomic E-state index is 5.07. The van der Waals surface area contributed by atoms with Crippen LogP contribution in [0.4, 0.5) is 0 Å². The van der Waals surface area contributed by atoms with Crippen molar-refractivity contribution in [2.75, 3.05) is 19.6 Å². The second-order valence-electron chi connectivity index (χ2n) is 4.73. The van der Waals surface area contributed by atoms with E-state index in [1.54, 1.807) is 0 Å². The molecule has 0 radical (unpaired) electrons. The van der Waals surface area contributed by atoms with E-state index < -0.39 is 0 Å². The number of hydrogen-bond acceptors (Lipinski definition) is 4. The number of aryl methyl sites for hydroxylation is 1. The van der Waals surface area contributed by atoms with Crippen LogP contribution in [0, 0.1) is 6.92 Å². The average Bonchev–Trinajstić information content (AvgIpc) is 2.84. The fourth-order valence-electron chi connectivity index (χ4n) is 1.80. The smallest absolute Gasteiger partial charge is 0.228 e. The predicted molar refractivity (Wildman–Crippen MR) is 80.9 cm³/mol. The molecule has 0 aromatic carbocycles. The van der Waals surface area contributed by atoms with Crippen molar-refractivity contribution in [2.45, 2.75) is 52.9 Å². The number of hydrogen-bond donors (Lipinski definition) is 2. The van der Waals surface area contributed by atoms with Crippen LogP contribution in [0.2, 0.25) is 0 Å². The van der Waals surface area contributed by atoms with Gasteiger partial charge in [-0.05, 0) is 20.3 Å². The van der Waals surface area contributed by atoms with Crippen molar-refractivity contribution in [3.63, 3.8) is 0 Å². The Bertz CT molecular complexity index is 389. The Labute approximate surface area is 121 Å². The first-order valence-electron chi connectivity index (χ1n) is 7.57. The van der Waals surface area contributed by atoms with Gasteiger partial charge in [0.05, 0.1) is 0 Å². The van der Waals surface area contributed by atoms with Gasteiger partial charge in [0, 0.05) is 26.1 Å². The Kier molecular flexibility index (Phi) is 8.42. The summed E-state index contributed by atoms with van der Waals surface area (Å²) >= 11 is 0. The van der Waals surface area contributed by atoms with Gasteiger partial charge >= 0.3 is 0 Å². The summed E-state index contributed by atoms with van der Waals surface area (Å²) in [6.07, 6.45) is 5.65. The van der Waals surface area contributed by atoms with Gasteiger partial charge in [-0.15, -0.1) is 0 Å². The zero-order chi connectivity index (χ0) is 14.6. The van der Waals surface area contributed by atoms with Gasteiger partial charge < -0.3 is 15.2 Å². The second kappa shape index (κ2) is 10.2. The van der Waals surface area contributed by atoms with Gasteiger partial charge in [0.2, 0.25) is 5.89 Å². The Morgan fingerprint density at radius 1 is 1.20 bits per heavy atom. The van der Waals surface area contributed by atoms with Crippen molar-refractivity contribution in [3.05, 3.63) is 11.7 Å². The Hall–Kier alpha value is -1.59. The van der Waals surface area contributed by atoms with Crippen molar-refractivity contribution in [3.8, 4) is 0 Å². The quantitative estimate of drug-likeness (QED) is 0.412. The van der Waals surface area contributed by atoms with Crippen LogP contribution in [0.5, 0.6) is 0 Å². The molecule has 0 fully saturated rings. The third-order valence-corrected chi connectivity index (χ3v) is 2.83. The first-order chi connectivity index (χ1) is 9.76. The van der Waals surface area contributed by atoms with Gasteiger partial charge in [-0.25, -0.2) is 0 Å². The first-order valence-corrected chi connectivity index (χ1v) is 7.57. The lowest BCUT2D eigenvalue weighted by Gasteiger charge is -2.10. The summed E-state index contributed by atoms with van der Waals surface area (Å²) in [7, 11) is 0. The summed E-state index contributed by atoms with van der Waals surface area (Å²) < 4.78 is 5.07. The van der Waals surface area contributed by atoms with Gasteiger partial charge in [0.15, 0.2) is 11.8 Å². The van der Waals surface area contributed by atoms with E-state index >= 15 is 0 Å². The van der Waals surface area contributed by atoms with E-state index in [0.717, 1.165) is 32.0 Å². The van der Waals surface area contributed by atoms with Crippen LogP contribution >= 0.6 is 0 Å². The van der Waals surface area contributed by atoms with Gasteiger partial charge in [-0.1, -0.05) is 31.3 Å². The standard InChI is InChI=1S/C14H27N5O/c1-4-6-7-8-10-16-14(15-5-2)17-11-9-13-18-12(3)19-20-13/h4-11H2,1-3H3,(H2,15,16,17). The Morgan fingerprint density at radius 2 is 2.05 bits per heavy atom. The van der Waals surface area contributed by atoms with Crippen LogP contribution in [0.3, 0.4) is 0 Å². The molecule has 1 aromatic heterocycles. The van der Waals surface area contributed by atoms with E-state index in [9.17, 15) is 0 Å². The highest BCUT2D eigenvalue weighted by Crippen LogP contribution is 1.98. The van der Waals surface area contributed by atoms with E-state index in [0.29, 0.717) is 18.1 Å². The third-order valence-electron chi connectivity index (χ3n) is 2.83. The number of rotatable bonds is 9.